The van der Waals surface area contributed by atoms with Crippen LogP contribution in [-0.4, -0.2) is 33.3 Å². The SMILES string of the molecule is CCOC(=O)CCNCc1cc(OC)c(OC)cc1Br. The highest BCUT2D eigenvalue weighted by Crippen LogP contribution is 2.33. The largest absolute Gasteiger partial charge is 0.493 e. The van der Waals surface area contributed by atoms with E-state index in [1.807, 2.05) is 12.1 Å². The molecule has 0 saturated heterocycles. The molecule has 0 aromatic heterocycles. The molecule has 0 radical (unpaired) electrons. The van der Waals surface area contributed by atoms with Crippen LogP contribution in [0.2, 0.25) is 0 Å². The second-order valence-corrected chi connectivity index (χ2v) is 4.88. The van der Waals surface area contributed by atoms with Crippen molar-refractivity contribution in [3.63, 3.8) is 0 Å². The second kappa shape index (κ2) is 8.81. The van der Waals surface area contributed by atoms with Crippen LogP contribution in [0.4, 0.5) is 0 Å². The summed E-state index contributed by atoms with van der Waals surface area (Å²) in [6, 6.07) is 3.77. The van der Waals surface area contributed by atoms with Crippen LogP contribution in [0, 0.1) is 0 Å². The van der Waals surface area contributed by atoms with E-state index in [1.165, 1.54) is 0 Å². The highest BCUT2D eigenvalue weighted by atomic mass is 79.9. The number of rotatable bonds is 8. The number of esters is 1. The van der Waals surface area contributed by atoms with Gasteiger partial charge >= 0.3 is 5.97 Å². The predicted molar refractivity (Wildman–Crippen MR) is 80.2 cm³/mol. The standard InChI is InChI=1S/C14H20BrNO4/c1-4-20-14(17)5-6-16-9-10-7-12(18-2)13(19-3)8-11(10)15/h7-8,16H,4-6,9H2,1-3H3. The number of nitrogens with one attached hydrogen (secondary N) is 1. The number of methoxy groups -OCH3 is 2. The summed E-state index contributed by atoms with van der Waals surface area (Å²) in [6.45, 7) is 3.41. The molecule has 20 heavy (non-hydrogen) atoms. The maximum Gasteiger partial charge on any atom is 0.307 e. The Hall–Kier alpha value is -1.27. The van der Waals surface area contributed by atoms with Gasteiger partial charge in [0.05, 0.1) is 27.2 Å². The fraction of sp³-hybridized carbons (Fsp3) is 0.500. The first-order chi connectivity index (χ1) is 9.62. The molecule has 0 atom stereocenters. The quantitative estimate of drug-likeness (QED) is 0.579. The zero-order valence-electron chi connectivity index (χ0n) is 12.0. The van der Waals surface area contributed by atoms with E-state index in [-0.39, 0.29) is 5.97 Å². The fourth-order valence-corrected chi connectivity index (χ4v) is 2.14. The molecule has 1 rings (SSSR count). The van der Waals surface area contributed by atoms with E-state index in [0.29, 0.717) is 37.6 Å². The minimum atomic E-state index is -0.189. The van der Waals surface area contributed by atoms with E-state index >= 15 is 0 Å². The Morgan fingerprint density at radius 3 is 2.50 bits per heavy atom. The molecular formula is C14H20BrNO4. The molecule has 0 fully saturated rings. The van der Waals surface area contributed by atoms with Crippen molar-refractivity contribution in [3.05, 3.63) is 22.2 Å². The molecule has 0 aliphatic rings. The third-order valence-corrected chi connectivity index (χ3v) is 3.42. The highest BCUT2D eigenvalue weighted by molar-refractivity contribution is 9.10. The van der Waals surface area contributed by atoms with Crippen LogP contribution in [-0.2, 0) is 16.1 Å². The van der Waals surface area contributed by atoms with Crippen molar-refractivity contribution in [2.75, 3.05) is 27.4 Å². The number of carbonyl (C=O) groups is 1. The molecule has 0 bridgehead atoms. The Bertz CT molecular complexity index is 451. The minimum Gasteiger partial charge on any atom is -0.493 e. The molecule has 0 aliphatic heterocycles. The molecule has 0 unspecified atom stereocenters. The average molecular weight is 346 g/mol. The Balaban J connectivity index is 2.53. The van der Waals surface area contributed by atoms with Crippen molar-refractivity contribution in [2.45, 2.75) is 19.9 Å². The van der Waals surface area contributed by atoms with E-state index in [1.54, 1.807) is 21.1 Å². The summed E-state index contributed by atoms with van der Waals surface area (Å²) >= 11 is 3.49. The number of benzene rings is 1. The van der Waals surface area contributed by atoms with Crippen molar-refractivity contribution in [2.24, 2.45) is 0 Å². The Morgan fingerprint density at radius 2 is 1.90 bits per heavy atom. The number of hydrogen-bond donors (Lipinski definition) is 1. The van der Waals surface area contributed by atoms with Crippen molar-refractivity contribution >= 4 is 21.9 Å². The smallest absolute Gasteiger partial charge is 0.307 e. The van der Waals surface area contributed by atoms with Gasteiger partial charge in [-0.05, 0) is 24.6 Å². The molecule has 0 aliphatic carbocycles. The summed E-state index contributed by atoms with van der Waals surface area (Å²) in [7, 11) is 3.20. The number of carbonyl (C=O) groups excluding carboxylic acids is 1. The number of ether oxygens (including phenoxy) is 3. The lowest BCUT2D eigenvalue weighted by atomic mass is 10.2. The van der Waals surface area contributed by atoms with Crippen molar-refractivity contribution in [1.82, 2.24) is 5.32 Å². The molecule has 5 nitrogen and oxygen atoms in total. The van der Waals surface area contributed by atoms with Gasteiger partial charge in [0.15, 0.2) is 11.5 Å². The molecule has 112 valence electrons. The van der Waals surface area contributed by atoms with Crippen LogP contribution < -0.4 is 14.8 Å². The lowest BCUT2D eigenvalue weighted by molar-refractivity contribution is -0.142. The first-order valence-electron chi connectivity index (χ1n) is 6.39. The zero-order chi connectivity index (χ0) is 15.0. The highest BCUT2D eigenvalue weighted by Gasteiger charge is 2.09. The third-order valence-electron chi connectivity index (χ3n) is 2.68. The van der Waals surface area contributed by atoms with Crippen LogP contribution in [0.15, 0.2) is 16.6 Å². The molecule has 1 aromatic carbocycles. The molecule has 1 aromatic rings. The predicted octanol–water partition coefficient (Wildman–Crippen LogP) is 2.51. The first kappa shape index (κ1) is 16.8. The van der Waals surface area contributed by atoms with Gasteiger partial charge in [-0.1, -0.05) is 15.9 Å². The summed E-state index contributed by atoms with van der Waals surface area (Å²) in [5.41, 5.74) is 1.03. The average Bonchev–Trinajstić information content (AvgIpc) is 2.44. The van der Waals surface area contributed by atoms with E-state index < -0.39 is 0 Å². The van der Waals surface area contributed by atoms with E-state index in [0.717, 1.165) is 10.0 Å². The third kappa shape index (κ3) is 5.02. The van der Waals surface area contributed by atoms with Gasteiger partial charge in [-0.25, -0.2) is 0 Å². The van der Waals surface area contributed by atoms with Gasteiger partial charge in [-0.3, -0.25) is 4.79 Å². The molecule has 0 spiro atoms. The van der Waals surface area contributed by atoms with Gasteiger partial charge in [0.25, 0.3) is 0 Å². The molecule has 0 heterocycles. The second-order valence-electron chi connectivity index (χ2n) is 4.03. The monoisotopic (exact) mass is 345 g/mol. The van der Waals surface area contributed by atoms with Gasteiger partial charge in [0.2, 0.25) is 0 Å². The Labute approximate surface area is 127 Å². The number of hydrogen-bond acceptors (Lipinski definition) is 5. The van der Waals surface area contributed by atoms with Crippen molar-refractivity contribution in [3.8, 4) is 11.5 Å². The summed E-state index contributed by atoms with van der Waals surface area (Å²) in [5, 5.41) is 3.19. The lowest BCUT2D eigenvalue weighted by Crippen LogP contribution is -2.19. The van der Waals surface area contributed by atoms with Gasteiger partial charge in [0, 0.05) is 17.6 Å². The summed E-state index contributed by atoms with van der Waals surface area (Å²) in [6.07, 6.45) is 0.360. The Morgan fingerprint density at radius 1 is 1.25 bits per heavy atom. The summed E-state index contributed by atoms with van der Waals surface area (Å²) in [5.74, 6) is 1.17. The maximum absolute atomic E-state index is 11.2. The Kier molecular flexibility index (Phi) is 7.40. The van der Waals surface area contributed by atoms with Crippen LogP contribution in [0.25, 0.3) is 0 Å². The molecule has 1 N–H and O–H groups in total. The zero-order valence-corrected chi connectivity index (χ0v) is 13.6. The molecule has 0 saturated carbocycles. The van der Waals surface area contributed by atoms with Crippen molar-refractivity contribution < 1.29 is 19.0 Å². The van der Waals surface area contributed by atoms with Gasteiger partial charge in [0.1, 0.15) is 0 Å². The van der Waals surface area contributed by atoms with E-state index in [2.05, 4.69) is 21.2 Å². The van der Waals surface area contributed by atoms with Gasteiger partial charge in [-0.2, -0.15) is 0 Å². The van der Waals surface area contributed by atoms with Crippen LogP contribution in [0.3, 0.4) is 0 Å². The van der Waals surface area contributed by atoms with Crippen LogP contribution in [0.1, 0.15) is 18.9 Å². The van der Waals surface area contributed by atoms with Crippen LogP contribution in [0.5, 0.6) is 11.5 Å². The summed E-state index contributed by atoms with van der Waals surface area (Å²) in [4.78, 5) is 11.2. The molecule has 0 amide bonds. The molecular weight excluding hydrogens is 326 g/mol. The number of halogens is 1. The lowest BCUT2D eigenvalue weighted by Gasteiger charge is -2.12. The van der Waals surface area contributed by atoms with Gasteiger partial charge in [-0.15, -0.1) is 0 Å². The first-order valence-corrected chi connectivity index (χ1v) is 7.18. The topological polar surface area (TPSA) is 56.8 Å². The van der Waals surface area contributed by atoms with Gasteiger partial charge < -0.3 is 19.5 Å². The maximum atomic E-state index is 11.2. The molecule has 6 heteroatoms. The van der Waals surface area contributed by atoms with Crippen LogP contribution >= 0.6 is 15.9 Å². The minimum absolute atomic E-state index is 0.189. The summed E-state index contributed by atoms with van der Waals surface area (Å²) < 4.78 is 16.3. The fourth-order valence-electron chi connectivity index (χ4n) is 1.68. The van der Waals surface area contributed by atoms with E-state index in [9.17, 15) is 4.79 Å². The van der Waals surface area contributed by atoms with E-state index in [4.69, 9.17) is 14.2 Å². The normalized spacial score (nSPS) is 10.2. The van der Waals surface area contributed by atoms with Crippen molar-refractivity contribution in [1.29, 1.82) is 0 Å².